The van der Waals surface area contributed by atoms with Crippen molar-refractivity contribution in [3.8, 4) is 11.3 Å². The van der Waals surface area contributed by atoms with Crippen LogP contribution in [0.3, 0.4) is 0 Å². The Morgan fingerprint density at radius 3 is 2.62 bits per heavy atom. The zero-order valence-corrected chi connectivity index (χ0v) is 14.5. The molecule has 0 saturated heterocycles. The van der Waals surface area contributed by atoms with E-state index >= 15 is 0 Å². The van der Waals surface area contributed by atoms with Gasteiger partial charge in [0.25, 0.3) is 5.91 Å². The Balaban J connectivity index is 1.49. The van der Waals surface area contributed by atoms with Crippen LogP contribution in [0.15, 0.2) is 77.3 Å². The summed E-state index contributed by atoms with van der Waals surface area (Å²) in [6, 6.07) is 22.9. The van der Waals surface area contributed by atoms with Gasteiger partial charge in [-0.3, -0.25) is 4.79 Å². The van der Waals surface area contributed by atoms with E-state index in [4.69, 9.17) is 16.1 Å². The Morgan fingerprint density at radius 2 is 1.77 bits per heavy atom. The van der Waals surface area contributed by atoms with E-state index < -0.39 is 0 Å². The zero-order chi connectivity index (χ0) is 17.9. The average molecular weight is 363 g/mol. The third-order valence-corrected chi connectivity index (χ3v) is 4.44. The zero-order valence-electron chi connectivity index (χ0n) is 13.8. The molecule has 4 aromatic rings. The largest absolute Gasteiger partial charge is 0.355 e. The molecule has 0 unspecified atom stereocenters. The summed E-state index contributed by atoms with van der Waals surface area (Å²) in [5.41, 5.74) is 2.11. The van der Waals surface area contributed by atoms with E-state index in [1.54, 1.807) is 18.2 Å². The van der Waals surface area contributed by atoms with Crippen molar-refractivity contribution in [2.75, 3.05) is 0 Å². The second kappa shape index (κ2) is 7.02. The minimum atomic E-state index is -0.276. The minimum absolute atomic E-state index is 0.246. The molecule has 5 heteroatoms. The number of carbonyl (C=O) groups is 1. The fraction of sp³-hybridized carbons (Fsp3) is 0.0476. The molecule has 0 atom stereocenters. The highest BCUT2D eigenvalue weighted by Gasteiger charge is 2.14. The summed E-state index contributed by atoms with van der Waals surface area (Å²) in [4.78, 5) is 12.4. The van der Waals surface area contributed by atoms with Crippen LogP contribution in [0.1, 0.15) is 16.1 Å². The normalized spacial score (nSPS) is 10.8. The fourth-order valence-corrected chi connectivity index (χ4v) is 2.97. The standard InChI is InChI=1S/C21H15ClN2O2/c22-17-10-8-15(9-11-17)20-12-19(24-26-20)21(25)23-13-16-6-3-5-14-4-1-2-7-18(14)16/h1-12H,13H2,(H,23,25). The van der Waals surface area contributed by atoms with Crippen molar-refractivity contribution in [1.82, 2.24) is 10.5 Å². The summed E-state index contributed by atoms with van der Waals surface area (Å²) in [7, 11) is 0. The topological polar surface area (TPSA) is 55.1 Å². The second-order valence-electron chi connectivity index (χ2n) is 5.90. The number of benzene rings is 3. The number of halogens is 1. The van der Waals surface area contributed by atoms with E-state index in [-0.39, 0.29) is 11.6 Å². The number of nitrogens with one attached hydrogen (secondary N) is 1. The van der Waals surface area contributed by atoms with E-state index in [9.17, 15) is 4.79 Å². The van der Waals surface area contributed by atoms with Gasteiger partial charge in [-0.2, -0.15) is 0 Å². The maximum Gasteiger partial charge on any atom is 0.273 e. The van der Waals surface area contributed by atoms with Crippen LogP contribution in [0.5, 0.6) is 0 Å². The summed E-state index contributed by atoms with van der Waals surface area (Å²) < 4.78 is 5.28. The van der Waals surface area contributed by atoms with Crippen LogP contribution in [0.25, 0.3) is 22.1 Å². The van der Waals surface area contributed by atoms with Gasteiger partial charge < -0.3 is 9.84 Å². The molecule has 1 heterocycles. The molecule has 0 radical (unpaired) electrons. The first-order valence-corrected chi connectivity index (χ1v) is 8.56. The molecule has 3 aromatic carbocycles. The Labute approximate surface area is 155 Å². The molecule has 26 heavy (non-hydrogen) atoms. The number of hydrogen-bond donors (Lipinski definition) is 1. The Hall–Kier alpha value is -3.11. The number of nitrogens with zero attached hydrogens (tertiary/aromatic N) is 1. The molecule has 0 aliphatic carbocycles. The van der Waals surface area contributed by atoms with E-state index in [0.29, 0.717) is 17.3 Å². The lowest BCUT2D eigenvalue weighted by Gasteiger charge is -2.07. The second-order valence-corrected chi connectivity index (χ2v) is 6.34. The number of carbonyl (C=O) groups excluding carboxylic acids is 1. The summed E-state index contributed by atoms with van der Waals surface area (Å²) in [6.07, 6.45) is 0. The van der Waals surface area contributed by atoms with Gasteiger partial charge in [-0.1, -0.05) is 59.2 Å². The highest BCUT2D eigenvalue weighted by atomic mass is 35.5. The average Bonchev–Trinajstić information content (AvgIpc) is 3.17. The molecule has 0 aliphatic rings. The van der Waals surface area contributed by atoms with Crippen molar-refractivity contribution >= 4 is 28.3 Å². The number of amides is 1. The van der Waals surface area contributed by atoms with Crippen molar-refractivity contribution in [1.29, 1.82) is 0 Å². The van der Waals surface area contributed by atoms with Crippen LogP contribution in [-0.4, -0.2) is 11.1 Å². The Bertz CT molecular complexity index is 1070. The first kappa shape index (κ1) is 16.4. The van der Waals surface area contributed by atoms with Crippen molar-refractivity contribution in [3.05, 3.63) is 89.1 Å². The molecule has 4 rings (SSSR count). The quantitative estimate of drug-likeness (QED) is 0.551. The predicted octanol–water partition coefficient (Wildman–Crippen LogP) is 5.08. The maximum atomic E-state index is 12.4. The van der Waals surface area contributed by atoms with Crippen LogP contribution < -0.4 is 5.32 Å². The maximum absolute atomic E-state index is 12.4. The van der Waals surface area contributed by atoms with E-state index in [1.807, 2.05) is 42.5 Å². The first-order valence-electron chi connectivity index (χ1n) is 8.18. The fourth-order valence-electron chi connectivity index (χ4n) is 2.85. The first-order chi connectivity index (χ1) is 12.7. The molecule has 1 aromatic heterocycles. The lowest BCUT2D eigenvalue weighted by Crippen LogP contribution is -2.23. The van der Waals surface area contributed by atoms with E-state index in [1.165, 1.54) is 0 Å². The molecule has 1 N–H and O–H groups in total. The van der Waals surface area contributed by atoms with Crippen LogP contribution in [0.4, 0.5) is 0 Å². The Kier molecular flexibility index (Phi) is 4.42. The molecule has 128 valence electrons. The van der Waals surface area contributed by atoms with Crippen molar-refractivity contribution < 1.29 is 9.32 Å². The van der Waals surface area contributed by atoms with Crippen LogP contribution in [-0.2, 0) is 6.54 Å². The highest BCUT2D eigenvalue weighted by molar-refractivity contribution is 6.30. The lowest BCUT2D eigenvalue weighted by molar-refractivity contribution is 0.0942. The van der Waals surface area contributed by atoms with Gasteiger partial charge in [0.05, 0.1) is 0 Å². The van der Waals surface area contributed by atoms with Crippen LogP contribution in [0.2, 0.25) is 5.02 Å². The van der Waals surface area contributed by atoms with Gasteiger partial charge in [0.15, 0.2) is 11.5 Å². The van der Waals surface area contributed by atoms with Crippen LogP contribution >= 0.6 is 11.6 Å². The van der Waals surface area contributed by atoms with Gasteiger partial charge in [0, 0.05) is 23.2 Å². The molecule has 0 spiro atoms. The van der Waals surface area contributed by atoms with Crippen molar-refractivity contribution in [3.63, 3.8) is 0 Å². The lowest BCUT2D eigenvalue weighted by atomic mass is 10.0. The summed E-state index contributed by atoms with van der Waals surface area (Å²) in [5, 5.41) is 9.68. The summed E-state index contributed by atoms with van der Waals surface area (Å²) in [5.74, 6) is 0.249. The molecule has 0 bridgehead atoms. The van der Waals surface area contributed by atoms with Gasteiger partial charge in [0.1, 0.15) is 0 Å². The van der Waals surface area contributed by atoms with E-state index in [2.05, 4.69) is 22.6 Å². The molecular weight excluding hydrogens is 348 g/mol. The predicted molar refractivity (Wildman–Crippen MR) is 102 cm³/mol. The molecule has 0 saturated carbocycles. The van der Waals surface area contributed by atoms with Crippen molar-refractivity contribution in [2.45, 2.75) is 6.54 Å². The number of rotatable bonds is 4. The monoisotopic (exact) mass is 362 g/mol. The summed E-state index contributed by atoms with van der Waals surface area (Å²) in [6.45, 7) is 0.420. The van der Waals surface area contributed by atoms with Crippen molar-refractivity contribution in [2.24, 2.45) is 0 Å². The van der Waals surface area contributed by atoms with E-state index in [0.717, 1.165) is 21.9 Å². The molecule has 0 fully saturated rings. The minimum Gasteiger partial charge on any atom is -0.355 e. The van der Waals surface area contributed by atoms with Gasteiger partial charge in [-0.05, 0) is 40.6 Å². The SMILES string of the molecule is O=C(NCc1cccc2ccccc12)c1cc(-c2ccc(Cl)cc2)on1. The third-order valence-electron chi connectivity index (χ3n) is 4.19. The van der Waals surface area contributed by atoms with Crippen LogP contribution in [0, 0.1) is 0 Å². The third kappa shape index (κ3) is 3.32. The number of fused-ring (bicyclic) bond motifs is 1. The molecular formula is C21H15ClN2O2. The summed E-state index contributed by atoms with van der Waals surface area (Å²) >= 11 is 5.89. The van der Waals surface area contributed by atoms with Gasteiger partial charge in [0.2, 0.25) is 0 Å². The number of aromatic nitrogens is 1. The molecule has 4 nitrogen and oxygen atoms in total. The Morgan fingerprint density at radius 1 is 1.00 bits per heavy atom. The van der Waals surface area contributed by atoms with Gasteiger partial charge >= 0.3 is 0 Å². The highest BCUT2D eigenvalue weighted by Crippen LogP contribution is 2.22. The number of hydrogen-bond acceptors (Lipinski definition) is 3. The van der Waals surface area contributed by atoms with Gasteiger partial charge in [-0.25, -0.2) is 0 Å². The van der Waals surface area contributed by atoms with Gasteiger partial charge in [-0.15, -0.1) is 0 Å². The molecule has 0 aliphatic heterocycles. The smallest absolute Gasteiger partial charge is 0.273 e. The molecule has 1 amide bonds.